The Hall–Kier alpha value is -0.130. The smallest absolute Gasteiger partial charge is 0.209 e. The normalized spacial score (nSPS) is 13.8. The molecule has 5 heteroatoms. The van der Waals surface area contributed by atoms with E-state index in [1.54, 1.807) is 0 Å². The van der Waals surface area contributed by atoms with Crippen molar-refractivity contribution in [3.8, 4) is 0 Å². The zero-order valence-corrected chi connectivity index (χ0v) is 12.0. The highest BCUT2D eigenvalue weighted by Crippen LogP contribution is 2.08. The maximum absolute atomic E-state index is 10.8. The fraction of sp³-hybridized carbons (Fsp3) is 1.00. The highest BCUT2D eigenvalue weighted by Gasteiger charge is 2.07. The summed E-state index contributed by atoms with van der Waals surface area (Å²) in [7, 11) is -3.31. The number of sulfonamides is 1. The number of primary sulfonamides is 1. The average Bonchev–Trinajstić information content (AvgIpc) is 2.24. The van der Waals surface area contributed by atoms with Crippen LogP contribution in [0.3, 0.4) is 0 Å². The van der Waals surface area contributed by atoms with Crippen molar-refractivity contribution in [2.45, 2.75) is 52.4 Å². The molecule has 4 nitrogen and oxygen atoms in total. The first-order valence-corrected chi connectivity index (χ1v) is 8.25. The standard InChI is InChI=1S/C12H27NO3S/c1-3-4-5-6-9-16-10-7-12(2)8-11-17(13,14)15/h12H,3-11H2,1-2H3,(H2,13,14,15). The van der Waals surface area contributed by atoms with Crippen molar-refractivity contribution in [2.24, 2.45) is 11.1 Å². The van der Waals surface area contributed by atoms with Gasteiger partial charge < -0.3 is 4.74 Å². The van der Waals surface area contributed by atoms with Crippen LogP contribution >= 0.6 is 0 Å². The molecule has 0 aliphatic carbocycles. The zero-order valence-electron chi connectivity index (χ0n) is 11.2. The summed E-state index contributed by atoms with van der Waals surface area (Å²) in [4.78, 5) is 0. The van der Waals surface area contributed by atoms with E-state index in [0.717, 1.165) is 26.1 Å². The van der Waals surface area contributed by atoms with Gasteiger partial charge >= 0.3 is 0 Å². The largest absolute Gasteiger partial charge is 0.381 e. The van der Waals surface area contributed by atoms with Crippen molar-refractivity contribution < 1.29 is 13.2 Å². The van der Waals surface area contributed by atoms with Crippen LogP contribution in [0.4, 0.5) is 0 Å². The van der Waals surface area contributed by atoms with Crippen molar-refractivity contribution >= 4 is 10.0 Å². The second kappa shape index (κ2) is 9.85. The molecule has 0 saturated carbocycles. The van der Waals surface area contributed by atoms with E-state index in [9.17, 15) is 8.42 Å². The summed E-state index contributed by atoms with van der Waals surface area (Å²) in [6.45, 7) is 5.76. The SMILES string of the molecule is CCCCCCOCCC(C)CCS(N)(=O)=O. The van der Waals surface area contributed by atoms with Crippen LogP contribution in [-0.2, 0) is 14.8 Å². The first-order chi connectivity index (χ1) is 7.95. The first kappa shape index (κ1) is 16.9. The average molecular weight is 265 g/mol. The van der Waals surface area contributed by atoms with Gasteiger partial charge in [-0.05, 0) is 25.2 Å². The van der Waals surface area contributed by atoms with Crippen molar-refractivity contribution in [1.29, 1.82) is 0 Å². The molecule has 0 fully saturated rings. The van der Waals surface area contributed by atoms with E-state index >= 15 is 0 Å². The number of rotatable bonds is 11. The van der Waals surface area contributed by atoms with Crippen molar-refractivity contribution in [2.75, 3.05) is 19.0 Å². The molecule has 0 aromatic carbocycles. The maximum atomic E-state index is 10.8. The lowest BCUT2D eigenvalue weighted by Gasteiger charge is -2.10. The second-order valence-electron chi connectivity index (χ2n) is 4.72. The molecular weight excluding hydrogens is 238 g/mol. The molecule has 0 aliphatic rings. The molecular formula is C12H27NO3S. The monoisotopic (exact) mass is 265 g/mol. The Kier molecular flexibility index (Phi) is 9.78. The summed E-state index contributed by atoms with van der Waals surface area (Å²) in [5.41, 5.74) is 0. The third-order valence-corrected chi connectivity index (χ3v) is 3.60. The fourth-order valence-corrected chi connectivity index (χ4v) is 2.26. The van der Waals surface area contributed by atoms with Crippen LogP contribution in [0.2, 0.25) is 0 Å². The minimum atomic E-state index is -3.31. The topological polar surface area (TPSA) is 69.4 Å². The predicted molar refractivity (Wildman–Crippen MR) is 71.3 cm³/mol. The lowest BCUT2D eigenvalue weighted by Crippen LogP contribution is -2.18. The van der Waals surface area contributed by atoms with Gasteiger partial charge in [0, 0.05) is 13.2 Å². The Morgan fingerprint density at radius 2 is 1.82 bits per heavy atom. The van der Waals surface area contributed by atoms with Gasteiger partial charge in [0.15, 0.2) is 0 Å². The third kappa shape index (κ3) is 13.8. The van der Waals surface area contributed by atoms with E-state index in [4.69, 9.17) is 9.88 Å². The molecule has 17 heavy (non-hydrogen) atoms. The molecule has 2 N–H and O–H groups in total. The molecule has 0 rings (SSSR count). The third-order valence-electron chi connectivity index (χ3n) is 2.79. The Labute approximate surface area is 106 Å². The van der Waals surface area contributed by atoms with Gasteiger partial charge in [-0.25, -0.2) is 13.6 Å². The van der Waals surface area contributed by atoms with Gasteiger partial charge in [0.2, 0.25) is 10.0 Å². The summed E-state index contributed by atoms with van der Waals surface area (Å²) in [6.07, 6.45) is 6.40. The van der Waals surface area contributed by atoms with E-state index in [-0.39, 0.29) is 5.75 Å². The molecule has 0 amide bonds. The van der Waals surface area contributed by atoms with Crippen molar-refractivity contribution in [1.82, 2.24) is 0 Å². The number of ether oxygens (including phenoxy) is 1. The molecule has 0 aromatic rings. The van der Waals surface area contributed by atoms with E-state index in [2.05, 4.69) is 6.92 Å². The Bertz CT molecular complexity index is 265. The highest BCUT2D eigenvalue weighted by atomic mass is 32.2. The van der Waals surface area contributed by atoms with Crippen LogP contribution in [0.15, 0.2) is 0 Å². The van der Waals surface area contributed by atoms with Crippen LogP contribution in [0, 0.1) is 5.92 Å². The zero-order chi connectivity index (χ0) is 13.1. The van der Waals surface area contributed by atoms with Crippen LogP contribution in [0.1, 0.15) is 52.4 Å². The summed E-state index contributed by atoms with van der Waals surface area (Å²) >= 11 is 0. The number of hydrogen-bond donors (Lipinski definition) is 1. The van der Waals surface area contributed by atoms with Crippen molar-refractivity contribution in [3.63, 3.8) is 0 Å². The second-order valence-corrected chi connectivity index (χ2v) is 6.46. The van der Waals surface area contributed by atoms with Gasteiger partial charge in [-0.1, -0.05) is 33.1 Å². The Morgan fingerprint density at radius 1 is 1.12 bits per heavy atom. The first-order valence-electron chi connectivity index (χ1n) is 6.54. The Morgan fingerprint density at radius 3 is 2.41 bits per heavy atom. The van der Waals surface area contributed by atoms with E-state index < -0.39 is 10.0 Å². The minimum Gasteiger partial charge on any atom is -0.381 e. The summed E-state index contributed by atoms with van der Waals surface area (Å²) in [5, 5.41) is 4.95. The van der Waals surface area contributed by atoms with Gasteiger partial charge in [0.1, 0.15) is 0 Å². The van der Waals surface area contributed by atoms with Crippen LogP contribution in [0.5, 0.6) is 0 Å². The van der Waals surface area contributed by atoms with Crippen LogP contribution in [-0.4, -0.2) is 27.4 Å². The predicted octanol–water partition coefficient (Wildman–Crippen LogP) is 2.29. The summed E-state index contributed by atoms with van der Waals surface area (Å²) in [6, 6.07) is 0. The molecule has 0 saturated heterocycles. The van der Waals surface area contributed by atoms with Crippen LogP contribution < -0.4 is 5.14 Å². The van der Waals surface area contributed by atoms with Crippen molar-refractivity contribution in [3.05, 3.63) is 0 Å². The highest BCUT2D eigenvalue weighted by molar-refractivity contribution is 7.89. The van der Waals surface area contributed by atoms with Gasteiger partial charge in [0.05, 0.1) is 5.75 Å². The molecule has 1 atom stereocenters. The lowest BCUT2D eigenvalue weighted by molar-refractivity contribution is 0.117. The summed E-state index contributed by atoms with van der Waals surface area (Å²) in [5.74, 6) is 0.425. The van der Waals surface area contributed by atoms with E-state index in [1.807, 2.05) is 6.92 Å². The number of hydrogen-bond acceptors (Lipinski definition) is 3. The Balaban J connectivity index is 3.30. The molecule has 1 unspecified atom stereocenters. The van der Waals surface area contributed by atoms with Gasteiger partial charge in [-0.3, -0.25) is 0 Å². The fourth-order valence-electron chi connectivity index (χ4n) is 1.53. The van der Waals surface area contributed by atoms with Gasteiger partial charge in [0.25, 0.3) is 0 Å². The molecule has 0 aliphatic heterocycles. The molecule has 0 bridgehead atoms. The van der Waals surface area contributed by atoms with Crippen LogP contribution in [0.25, 0.3) is 0 Å². The van der Waals surface area contributed by atoms with E-state index in [0.29, 0.717) is 12.3 Å². The minimum absolute atomic E-state index is 0.0741. The molecule has 0 heterocycles. The summed E-state index contributed by atoms with van der Waals surface area (Å²) < 4.78 is 27.0. The molecule has 104 valence electrons. The van der Waals surface area contributed by atoms with E-state index in [1.165, 1.54) is 19.3 Å². The maximum Gasteiger partial charge on any atom is 0.209 e. The number of nitrogens with two attached hydrogens (primary N) is 1. The van der Waals surface area contributed by atoms with Gasteiger partial charge in [-0.15, -0.1) is 0 Å². The quantitative estimate of drug-likeness (QED) is 0.583. The molecule has 0 radical (unpaired) electrons. The number of unbranched alkanes of at least 4 members (excludes halogenated alkanes) is 3. The molecule has 0 aromatic heterocycles. The van der Waals surface area contributed by atoms with Gasteiger partial charge in [-0.2, -0.15) is 0 Å². The lowest BCUT2D eigenvalue weighted by atomic mass is 10.1. The molecule has 0 spiro atoms.